The third-order valence-corrected chi connectivity index (χ3v) is 1.27. The van der Waals surface area contributed by atoms with Gasteiger partial charge in [-0.05, 0) is 25.5 Å². The summed E-state index contributed by atoms with van der Waals surface area (Å²) in [6.07, 6.45) is 0. The van der Waals surface area contributed by atoms with Crippen LogP contribution in [0.15, 0.2) is 24.3 Å². The molecule has 0 spiro atoms. The van der Waals surface area contributed by atoms with E-state index >= 15 is 0 Å². The lowest BCUT2D eigenvalue weighted by Crippen LogP contribution is -1.92. The second-order valence-corrected chi connectivity index (χ2v) is 2.04. The van der Waals surface area contributed by atoms with Crippen molar-refractivity contribution in [3.63, 3.8) is 0 Å². The van der Waals surface area contributed by atoms with Crippen molar-refractivity contribution in [2.24, 2.45) is 0 Å². The highest BCUT2D eigenvalue weighted by Crippen LogP contribution is 2.15. The Bertz CT molecular complexity index is 210. The fraction of sp³-hybridized carbons (Fsp3) is 0.222. The molecule has 0 aliphatic rings. The lowest BCUT2D eigenvalue weighted by Gasteiger charge is -2.04. The summed E-state index contributed by atoms with van der Waals surface area (Å²) in [5.41, 5.74) is 0.948. The number of hydrogen-bond acceptors (Lipinski definition) is 1. The summed E-state index contributed by atoms with van der Waals surface area (Å²) in [6.45, 7) is 6.48. The van der Waals surface area contributed by atoms with E-state index in [9.17, 15) is 0 Å². The van der Waals surface area contributed by atoms with Crippen molar-refractivity contribution < 1.29 is 4.74 Å². The molecule has 0 unspecified atom stereocenters. The maximum absolute atomic E-state index is 5.27. The highest BCUT2D eigenvalue weighted by molar-refractivity contribution is 5.75. The van der Waals surface area contributed by atoms with Gasteiger partial charge in [0, 0.05) is 0 Å². The zero-order chi connectivity index (χ0) is 7.40. The number of rotatable bonds is 2. The monoisotopic (exact) mass is 161 g/mol. The topological polar surface area (TPSA) is 9.23 Å². The fourth-order valence-corrected chi connectivity index (χ4v) is 0.800. The molecule has 0 fully saturated rings. The number of para-hydroxylation sites is 1. The predicted octanol–water partition coefficient (Wildman–Crippen LogP) is 1.35. The Hall–Kier alpha value is -0.214. The van der Waals surface area contributed by atoms with Crippen molar-refractivity contribution in [3.05, 3.63) is 36.8 Å². The van der Waals surface area contributed by atoms with Crippen molar-refractivity contribution in [1.82, 2.24) is 0 Å². The predicted molar refractivity (Wildman–Crippen MR) is 50.6 cm³/mol. The van der Waals surface area contributed by atoms with E-state index in [4.69, 9.17) is 4.74 Å². The first kappa shape index (κ1) is 10.8. The first-order valence-electron chi connectivity index (χ1n) is 3.38. The maximum atomic E-state index is 5.27. The van der Waals surface area contributed by atoms with Crippen LogP contribution in [0.2, 0.25) is 0 Å². The number of ether oxygens (including phenoxy) is 1. The lowest BCUT2D eigenvalue weighted by molar-refractivity contribution is 0.339. The largest absolute Gasteiger partial charge is 0.494 e. The zero-order valence-electron chi connectivity index (χ0n) is 6.13. The Kier molecular flexibility index (Phi) is 5.33. The molecule has 1 aromatic carbocycles. The summed E-state index contributed by atoms with van der Waals surface area (Å²) in [6, 6.07) is 7.75. The van der Waals surface area contributed by atoms with Gasteiger partial charge in [-0.2, -0.15) is 0 Å². The smallest absolute Gasteiger partial charge is 0.316 e. The van der Waals surface area contributed by atoms with Crippen LogP contribution >= 0.6 is 0 Å². The molecular formula is C9H13MgO. The maximum Gasteiger partial charge on any atom is 0.316 e. The minimum atomic E-state index is 0. The summed E-state index contributed by atoms with van der Waals surface area (Å²) in [5, 5.41) is 0. The van der Waals surface area contributed by atoms with Gasteiger partial charge in [0.2, 0.25) is 0 Å². The van der Waals surface area contributed by atoms with Gasteiger partial charge in [-0.3, -0.25) is 0 Å². The van der Waals surface area contributed by atoms with Crippen LogP contribution in [0, 0.1) is 6.92 Å². The number of hydrogen-bond donors (Lipinski definition) is 0. The fourth-order valence-electron chi connectivity index (χ4n) is 0.800. The van der Waals surface area contributed by atoms with Crippen molar-refractivity contribution in [2.45, 2.75) is 6.92 Å². The van der Waals surface area contributed by atoms with E-state index < -0.39 is 0 Å². The van der Waals surface area contributed by atoms with Crippen molar-refractivity contribution in [1.29, 1.82) is 0 Å². The van der Waals surface area contributed by atoms with Gasteiger partial charge in [-0.15, -0.1) is 0 Å². The molecule has 0 saturated heterocycles. The first-order chi connectivity index (χ1) is 4.84. The average Bonchev–Trinajstić information content (AvgIpc) is 1.94. The van der Waals surface area contributed by atoms with Crippen LogP contribution in [-0.4, -0.2) is 29.7 Å². The molecule has 57 valence electrons. The zero-order valence-corrected chi connectivity index (χ0v) is 6.13. The second kappa shape index (κ2) is 5.44. The molecule has 0 atom stereocenters. The Balaban J connectivity index is 0.000001000. The van der Waals surface area contributed by atoms with E-state index in [0.29, 0.717) is 6.61 Å². The van der Waals surface area contributed by atoms with Gasteiger partial charge >= 0.3 is 23.1 Å². The van der Waals surface area contributed by atoms with Crippen LogP contribution < -0.4 is 4.74 Å². The van der Waals surface area contributed by atoms with Crippen molar-refractivity contribution in [3.8, 4) is 5.75 Å². The van der Waals surface area contributed by atoms with Crippen molar-refractivity contribution >= 4 is 23.1 Å². The van der Waals surface area contributed by atoms with Gasteiger partial charge in [0.1, 0.15) is 5.75 Å². The van der Waals surface area contributed by atoms with Gasteiger partial charge in [-0.25, -0.2) is 0 Å². The highest BCUT2D eigenvalue weighted by Gasteiger charge is 1.93. The summed E-state index contributed by atoms with van der Waals surface area (Å²) >= 11 is 0. The molecule has 0 aliphatic carbocycles. The van der Waals surface area contributed by atoms with Crippen LogP contribution in [0.5, 0.6) is 5.75 Å². The van der Waals surface area contributed by atoms with E-state index in [1.807, 2.05) is 31.2 Å². The quantitative estimate of drug-likeness (QED) is 0.595. The van der Waals surface area contributed by atoms with Crippen molar-refractivity contribution in [2.75, 3.05) is 6.61 Å². The average molecular weight is 162 g/mol. The molecule has 0 bridgehead atoms. The van der Waals surface area contributed by atoms with E-state index in [0.717, 1.165) is 11.3 Å². The molecule has 0 amide bonds. The van der Waals surface area contributed by atoms with E-state index in [1.54, 1.807) is 0 Å². The van der Waals surface area contributed by atoms with Gasteiger partial charge in [-0.1, -0.05) is 18.2 Å². The van der Waals surface area contributed by atoms with Crippen LogP contribution in [0.1, 0.15) is 12.5 Å². The summed E-state index contributed by atoms with van der Waals surface area (Å²) in [5.74, 6) is 0.880. The molecule has 2 heteroatoms. The molecular weight excluding hydrogens is 148 g/mol. The molecule has 0 heterocycles. The molecule has 0 N–H and O–H groups in total. The normalized spacial score (nSPS) is 8.55. The van der Waals surface area contributed by atoms with E-state index in [2.05, 4.69) is 6.92 Å². The molecule has 1 rings (SSSR count). The summed E-state index contributed by atoms with van der Waals surface area (Å²) < 4.78 is 5.27. The van der Waals surface area contributed by atoms with Gasteiger partial charge < -0.3 is 4.74 Å². The Morgan fingerprint density at radius 3 is 2.55 bits per heavy atom. The molecule has 0 aliphatic heterocycles. The summed E-state index contributed by atoms with van der Waals surface area (Å²) in [4.78, 5) is 0. The van der Waals surface area contributed by atoms with Crippen LogP contribution in [0.25, 0.3) is 0 Å². The Morgan fingerprint density at radius 1 is 1.36 bits per heavy atom. The Morgan fingerprint density at radius 2 is 2.00 bits per heavy atom. The molecule has 0 saturated carbocycles. The van der Waals surface area contributed by atoms with Crippen LogP contribution in [-0.2, 0) is 0 Å². The Labute approximate surface area is 83.9 Å². The van der Waals surface area contributed by atoms with Gasteiger partial charge in [0.15, 0.2) is 0 Å². The van der Waals surface area contributed by atoms with E-state index in [1.165, 1.54) is 0 Å². The standard InChI is InChI=1S/C9H11O.Mg.2H/c1-3-10-9-7-5-4-6-8(9)2;;;/h4-7H,2-3H2,1H3;;;. The minimum Gasteiger partial charge on any atom is -0.494 e. The molecule has 1 nitrogen and oxygen atoms in total. The van der Waals surface area contributed by atoms with Crippen LogP contribution in [0.3, 0.4) is 0 Å². The SMILES string of the molecule is [CH2]c1ccccc1OCC.[MgH2]. The second-order valence-electron chi connectivity index (χ2n) is 2.04. The van der Waals surface area contributed by atoms with Gasteiger partial charge in [0.05, 0.1) is 6.61 Å². The van der Waals surface area contributed by atoms with E-state index in [-0.39, 0.29) is 23.1 Å². The molecule has 11 heavy (non-hydrogen) atoms. The van der Waals surface area contributed by atoms with Crippen LogP contribution in [0.4, 0.5) is 0 Å². The molecule has 0 aromatic heterocycles. The molecule has 1 radical (unpaired) electrons. The lowest BCUT2D eigenvalue weighted by atomic mass is 10.2. The minimum absolute atomic E-state index is 0. The summed E-state index contributed by atoms with van der Waals surface area (Å²) in [7, 11) is 0. The molecule has 1 aromatic rings. The third kappa shape index (κ3) is 3.12. The first-order valence-corrected chi connectivity index (χ1v) is 3.38. The highest BCUT2D eigenvalue weighted by atomic mass is 24.3. The number of benzene rings is 1. The third-order valence-electron chi connectivity index (χ3n) is 1.27. The van der Waals surface area contributed by atoms with Gasteiger partial charge in [0.25, 0.3) is 0 Å².